The van der Waals surface area contributed by atoms with Crippen molar-refractivity contribution in [2.75, 3.05) is 0 Å². The molecule has 0 bridgehead atoms. The highest BCUT2D eigenvalue weighted by atomic mass is 16.4. The summed E-state index contributed by atoms with van der Waals surface area (Å²) in [6, 6.07) is -1.13. The van der Waals surface area contributed by atoms with Crippen LogP contribution in [-0.2, 0) is 14.4 Å². The summed E-state index contributed by atoms with van der Waals surface area (Å²) >= 11 is 0. The first-order valence-electron chi connectivity index (χ1n) is 6.49. The Labute approximate surface area is 112 Å². The Morgan fingerprint density at radius 2 is 1.95 bits per heavy atom. The largest absolute Gasteiger partial charge is 0.481 e. The number of hydrogen-bond donors (Lipinski definition) is 3. The molecule has 0 saturated heterocycles. The molecule has 1 fully saturated rings. The van der Waals surface area contributed by atoms with Crippen LogP contribution in [0.3, 0.4) is 0 Å². The number of aliphatic carboxylic acids is 2. The average molecular weight is 271 g/mol. The lowest BCUT2D eigenvalue weighted by atomic mass is 9.81. The fourth-order valence-corrected chi connectivity index (χ4v) is 2.61. The minimum absolute atomic E-state index is 0.0937. The third-order valence-electron chi connectivity index (χ3n) is 3.84. The highest BCUT2D eigenvalue weighted by molar-refractivity contribution is 5.86. The molecule has 0 aromatic rings. The average Bonchev–Trinajstić information content (AvgIpc) is 2.63. The van der Waals surface area contributed by atoms with Crippen LogP contribution in [0.15, 0.2) is 0 Å². The highest BCUT2D eigenvalue weighted by Crippen LogP contribution is 2.42. The second-order valence-corrected chi connectivity index (χ2v) is 5.77. The standard InChI is InChI=1S/C13H21NO5/c1-13(2)7-3-4-8(13)11(17)14-9(12(18)19)5-6-10(15)16/h8-9H,3-7H2,1-2H3,(H,14,17)(H,15,16)(H,18,19)/t8?,9-/m0/s1. The van der Waals surface area contributed by atoms with E-state index in [4.69, 9.17) is 10.2 Å². The Balaban J connectivity index is 2.61. The van der Waals surface area contributed by atoms with E-state index in [-0.39, 0.29) is 30.1 Å². The van der Waals surface area contributed by atoms with Crippen molar-refractivity contribution in [3.63, 3.8) is 0 Å². The van der Waals surface area contributed by atoms with Gasteiger partial charge in [0.2, 0.25) is 5.91 Å². The molecule has 0 heterocycles. The minimum Gasteiger partial charge on any atom is -0.481 e. The predicted molar refractivity (Wildman–Crippen MR) is 67.6 cm³/mol. The van der Waals surface area contributed by atoms with Crippen molar-refractivity contribution in [2.45, 2.75) is 52.0 Å². The van der Waals surface area contributed by atoms with Gasteiger partial charge in [0.15, 0.2) is 0 Å². The quantitative estimate of drug-likeness (QED) is 0.674. The first kappa shape index (κ1) is 15.5. The molecular weight excluding hydrogens is 250 g/mol. The molecule has 1 saturated carbocycles. The zero-order valence-corrected chi connectivity index (χ0v) is 11.3. The van der Waals surface area contributed by atoms with Crippen molar-refractivity contribution in [2.24, 2.45) is 11.3 Å². The van der Waals surface area contributed by atoms with Gasteiger partial charge in [-0.2, -0.15) is 0 Å². The third-order valence-corrected chi connectivity index (χ3v) is 3.84. The Morgan fingerprint density at radius 1 is 1.32 bits per heavy atom. The molecule has 108 valence electrons. The summed E-state index contributed by atoms with van der Waals surface area (Å²) in [7, 11) is 0. The van der Waals surface area contributed by atoms with Crippen LogP contribution in [0, 0.1) is 11.3 Å². The molecule has 0 aromatic carbocycles. The van der Waals surface area contributed by atoms with E-state index in [1.165, 1.54) is 0 Å². The molecule has 0 aliphatic heterocycles. The van der Waals surface area contributed by atoms with Crippen LogP contribution in [0.4, 0.5) is 0 Å². The first-order valence-corrected chi connectivity index (χ1v) is 6.49. The molecule has 1 rings (SSSR count). The maximum Gasteiger partial charge on any atom is 0.326 e. The van der Waals surface area contributed by atoms with Gasteiger partial charge in [-0.05, 0) is 24.7 Å². The Bertz CT molecular complexity index is 377. The van der Waals surface area contributed by atoms with E-state index in [9.17, 15) is 14.4 Å². The van der Waals surface area contributed by atoms with Gasteiger partial charge in [0.05, 0.1) is 0 Å². The molecule has 1 aliphatic rings. The number of carboxylic acids is 2. The molecule has 1 amide bonds. The normalized spacial score (nSPS) is 22.7. The molecule has 1 aliphatic carbocycles. The van der Waals surface area contributed by atoms with E-state index in [1.54, 1.807) is 0 Å². The van der Waals surface area contributed by atoms with Crippen LogP contribution in [-0.4, -0.2) is 34.1 Å². The van der Waals surface area contributed by atoms with Gasteiger partial charge in [0.25, 0.3) is 0 Å². The molecule has 6 heteroatoms. The summed E-state index contributed by atoms with van der Waals surface area (Å²) in [5.74, 6) is -2.73. The van der Waals surface area contributed by atoms with E-state index in [0.717, 1.165) is 19.3 Å². The molecule has 0 spiro atoms. The fraction of sp³-hybridized carbons (Fsp3) is 0.769. The van der Waals surface area contributed by atoms with Crippen LogP contribution in [0.2, 0.25) is 0 Å². The molecule has 19 heavy (non-hydrogen) atoms. The SMILES string of the molecule is CC1(C)CCCC1C(=O)N[C@@H](CCC(=O)O)C(=O)O. The van der Waals surface area contributed by atoms with E-state index < -0.39 is 18.0 Å². The third kappa shape index (κ3) is 4.22. The molecule has 6 nitrogen and oxygen atoms in total. The van der Waals surface area contributed by atoms with Crippen molar-refractivity contribution < 1.29 is 24.6 Å². The number of rotatable bonds is 6. The molecular formula is C13H21NO5. The lowest BCUT2D eigenvalue weighted by Crippen LogP contribution is -2.45. The first-order chi connectivity index (χ1) is 8.74. The van der Waals surface area contributed by atoms with Gasteiger partial charge in [0, 0.05) is 12.3 Å². The summed E-state index contributed by atoms with van der Waals surface area (Å²) in [6.45, 7) is 3.99. The maximum atomic E-state index is 12.1. The van der Waals surface area contributed by atoms with E-state index in [0.29, 0.717) is 0 Å². The van der Waals surface area contributed by atoms with Crippen molar-refractivity contribution in [3.8, 4) is 0 Å². The topological polar surface area (TPSA) is 104 Å². The van der Waals surface area contributed by atoms with Gasteiger partial charge >= 0.3 is 11.9 Å². The fourth-order valence-electron chi connectivity index (χ4n) is 2.61. The van der Waals surface area contributed by atoms with Crippen molar-refractivity contribution in [3.05, 3.63) is 0 Å². The van der Waals surface area contributed by atoms with Crippen LogP contribution in [0.5, 0.6) is 0 Å². The molecule has 0 radical (unpaired) electrons. The number of carbonyl (C=O) groups is 3. The summed E-state index contributed by atoms with van der Waals surface area (Å²) in [5, 5.41) is 20.0. The van der Waals surface area contributed by atoms with Gasteiger partial charge in [0.1, 0.15) is 6.04 Å². The Hall–Kier alpha value is -1.59. The second kappa shape index (κ2) is 6.04. The van der Waals surface area contributed by atoms with Crippen LogP contribution < -0.4 is 5.32 Å². The summed E-state index contributed by atoms with van der Waals surface area (Å²) in [4.78, 5) is 33.6. The monoisotopic (exact) mass is 271 g/mol. The number of amides is 1. The zero-order chi connectivity index (χ0) is 14.6. The van der Waals surface area contributed by atoms with Gasteiger partial charge in [-0.25, -0.2) is 4.79 Å². The molecule has 2 atom stereocenters. The zero-order valence-electron chi connectivity index (χ0n) is 11.3. The predicted octanol–water partition coefficient (Wildman–Crippen LogP) is 1.25. The summed E-state index contributed by atoms with van der Waals surface area (Å²) in [5.41, 5.74) is -0.125. The van der Waals surface area contributed by atoms with Gasteiger partial charge in [-0.15, -0.1) is 0 Å². The van der Waals surface area contributed by atoms with Gasteiger partial charge < -0.3 is 15.5 Å². The maximum absolute atomic E-state index is 12.1. The van der Waals surface area contributed by atoms with E-state index >= 15 is 0 Å². The van der Waals surface area contributed by atoms with E-state index in [1.807, 2.05) is 13.8 Å². The van der Waals surface area contributed by atoms with Gasteiger partial charge in [-0.3, -0.25) is 9.59 Å². The smallest absolute Gasteiger partial charge is 0.326 e. The number of carbonyl (C=O) groups excluding carboxylic acids is 1. The molecule has 3 N–H and O–H groups in total. The van der Waals surface area contributed by atoms with E-state index in [2.05, 4.69) is 5.32 Å². The Kier molecular flexibility index (Phi) is 4.91. The number of hydrogen-bond acceptors (Lipinski definition) is 3. The Morgan fingerprint density at radius 3 is 2.37 bits per heavy atom. The van der Waals surface area contributed by atoms with Gasteiger partial charge in [-0.1, -0.05) is 20.3 Å². The number of carboxylic acid groups (broad SMARTS) is 2. The van der Waals surface area contributed by atoms with Crippen molar-refractivity contribution in [1.82, 2.24) is 5.32 Å². The van der Waals surface area contributed by atoms with Crippen LogP contribution in [0.25, 0.3) is 0 Å². The van der Waals surface area contributed by atoms with Crippen LogP contribution >= 0.6 is 0 Å². The highest BCUT2D eigenvalue weighted by Gasteiger charge is 2.40. The van der Waals surface area contributed by atoms with Crippen LogP contribution in [0.1, 0.15) is 46.0 Å². The lowest BCUT2D eigenvalue weighted by molar-refractivity contribution is -0.144. The lowest BCUT2D eigenvalue weighted by Gasteiger charge is -2.27. The molecule has 0 aromatic heterocycles. The summed E-state index contributed by atoms with van der Waals surface area (Å²) < 4.78 is 0. The minimum atomic E-state index is -1.19. The number of nitrogens with one attached hydrogen (secondary N) is 1. The summed E-state index contributed by atoms with van der Waals surface area (Å²) in [6.07, 6.45) is 2.29. The van der Waals surface area contributed by atoms with Crippen molar-refractivity contribution >= 4 is 17.8 Å². The molecule has 1 unspecified atom stereocenters. The second-order valence-electron chi connectivity index (χ2n) is 5.77. The van der Waals surface area contributed by atoms with Crippen molar-refractivity contribution in [1.29, 1.82) is 0 Å².